The Morgan fingerprint density at radius 2 is 2.12 bits per heavy atom. The molecule has 16 heavy (non-hydrogen) atoms. The van der Waals surface area contributed by atoms with E-state index in [0.717, 1.165) is 15.6 Å². The number of aliphatic hydroxyl groups excluding tert-OH is 1. The number of hydrogen-bond donors (Lipinski definition) is 1. The lowest BCUT2D eigenvalue weighted by atomic mass is 10.0. The third-order valence-corrected chi connectivity index (χ3v) is 3.31. The van der Waals surface area contributed by atoms with Crippen molar-refractivity contribution in [1.29, 1.82) is 0 Å². The molecule has 1 N–H and O–H groups in total. The Balaban J connectivity index is 3.08. The van der Waals surface area contributed by atoms with Gasteiger partial charge in [0.25, 0.3) is 0 Å². The summed E-state index contributed by atoms with van der Waals surface area (Å²) < 4.78 is 5.53. The zero-order valence-corrected chi connectivity index (χ0v) is 11.2. The minimum Gasteiger partial charge on any atom is -0.464 e. The summed E-state index contributed by atoms with van der Waals surface area (Å²) in [5.74, 6) is -0.617. The fourth-order valence-corrected chi connectivity index (χ4v) is 1.98. The zero-order valence-electron chi connectivity index (χ0n) is 9.58. The van der Waals surface area contributed by atoms with E-state index < -0.39 is 12.1 Å². The highest BCUT2D eigenvalue weighted by Gasteiger charge is 2.22. The van der Waals surface area contributed by atoms with Gasteiger partial charge >= 0.3 is 5.97 Å². The summed E-state index contributed by atoms with van der Waals surface area (Å²) in [6.07, 6.45) is -1.23. The van der Waals surface area contributed by atoms with Gasteiger partial charge in [0.15, 0.2) is 6.10 Å². The Morgan fingerprint density at radius 1 is 1.50 bits per heavy atom. The van der Waals surface area contributed by atoms with Gasteiger partial charge < -0.3 is 9.84 Å². The molecule has 1 aromatic carbocycles. The van der Waals surface area contributed by atoms with Gasteiger partial charge in [0.2, 0.25) is 0 Å². The molecule has 1 aromatic rings. The van der Waals surface area contributed by atoms with Crippen molar-refractivity contribution in [2.45, 2.75) is 26.9 Å². The van der Waals surface area contributed by atoms with Crippen molar-refractivity contribution < 1.29 is 14.6 Å². The van der Waals surface area contributed by atoms with Gasteiger partial charge in [-0.15, -0.1) is 0 Å². The van der Waals surface area contributed by atoms with Crippen LogP contribution in [0.5, 0.6) is 0 Å². The highest BCUT2D eigenvalue weighted by molar-refractivity contribution is 9.10. The maximum absolute atomic E-state index is 11.4. The first kappa shape index (κ1) is 13.2. The van der Waals surface area contributed by atoms with E-state index >= 15 is 0 Å². The predicted molar refractivity (Wildman–Crippen MR) is 65.2 cm³/mol. The second-order valence-corrected chi connectivity index (χ2v) is 4.43. The molecule has 0 spiro atoms. The molecule has 0 aliphatic rings. The molecule has 0 fully saturated rings. The quantitative estimate of drug-likeness (QED) is 0.869. The summed E-state index contributed by atoms with van der Waals surface area (Å²) in [4.78, 5) is 11.4. The molecule has 0 aromatic heterocycles. The van der Waals surface area contributed by atoms with Crippen molar-refractivity contribution in [2.24, 2.45) is 0 Å². The molecule has 0 radical (unpaired) electrons. The van der Waals surface area contributed by atoms with Gasteiger partial charge in [0.05, 0.1) is 6.61 Å². The van der Waals surface area contributed by atoms with Gasteiger partial charge in [-0.05, 0) is 26.3 Å². The Kier molecular flexibility index (Phi) is 4.50. The highest BCUT2D eigenvalue weighted by atomic mass is 79.9. The van der Waals surface area contributed by atoms with Crippen LogP contribution in [0.4, 0.5) is 0 Å². The number of aryl methyl sites for hydroxylation is 2. The number of carbonyl (C=O) groups excluding carboxylic acids is 1. The molecule has 1 atom stereocenters. The first-order valence-electron chi connectivity index (χ1n) is 5.08. The summed E-state index contributed by atoms with van der Waals surface area (Å²) in [5.41, 5.74) is 2.54. The topological polar surface area (TPSA) is 46.5 Å². The normalized spacial score (nSPS) is 12.3. The van der Waals surface area contributed by atoms with Crippen LogP contribution in [0.3, 0.4) is 0 Å². The van der Waals surface area contributed by atoms with Crippen LogP contribution in [0.2, 0.25) is 0 Å². The molecule has 0 amide bonds. The Hall–Kier alpha value is -0.870. The van der Waals surface area contributed by atoms with Crippen molar-refractivity contribution >= 4 is 21.9 Å². The van der Waals surface area contributed by atoms with Crippen LogP contribution in [0.15, 0.2) is 16.6 Å². The summed E-state index contributed by atoms with van der Waals surface area (Å²) in [5, 5.41) is 9.85. The second-order valence-electron chi connectivity index (χ2n) is 3.64. The Labute approximate surface area is 104 Å². The largest absolute Gasteiger partial charge is 0.464 e. The van der Waals surface area contributed by atoms with Crippen molar-refractivity contribution in [3.8, 4) is 0 Å². The molecule has 1 unspecified atom stereocenters. The van der Waals surface area contributed by atoms with Crippen LogP contribution in [0.25, 0.3) is 0 Å². The van der Waals surface area contributed by atoms with Gasteiger partial charge in [-0.1, -0.05) is 33.6 Å². The summed E-state index contributed by atoms with van der Waals surface area (Å²) >= 11 is 3.37. The van der Waals surface area contributed by atoms with Crippen LogP contribution in [-0.4, -0.2) is 17.7 Å². The first-order valence-corrected chi connectivity index (χ1v) is 5.88. The van der Waals surface area contributed by atoms with Crippen LogP contribution in [0, 0.1) is 13.8 Å². The number of carbonyl (C=O) groups is 1. The van der Waals surface area contributed by atoms with Gasteiger partial charge in [-0.2, -0.15) is 0 Å². The average molecular weight is 287 g/mol. The minimum absolute atomic E-state index is 0.262. The van der Waals surface area contributed by atoms with E-state index in [9.17, 15) is 9.90 Å². The van der Waals surface area contributed by atoms with Crippen LogP contribution < -0.4 is 0 Å². The number of aliphatic hydroxyl groups is 1. The molecule has 88 valence electrons. The standard InChI is InChI=1S/C12H15BrO3/c1-4-16-12(15)11(14)9-6-7(2)5-8(3)10(9)13/h5-6,11,14H,4H2,1-3H3. The van der Waals surface area contributed by atoms with E-state index in [1.165, 1.54) is 0 Å². The number of ether oxygens (including phenoxy) is 1. The van der Waals surface area contributed by atoms with E-state index in [-0.39, 0.29) is 6.61 Å². The summed E-state index contributed by atoms with van der Waals surface area (Å²) in [6.45, 7) is 5.80. The highest BCUT2D eigenvalue weighted by Crippen LogP contribution is 2.28. The molecule has 0 bridgehead atoms. The minimum atomic E-state index is -1.23. The lowest BCUT2D eigenvalue weighted by Gasteiger charge is -2.14. The molecule has 0 saturated heterocycles. The fourth-order valence-electron chi connectivity index (χ4n) is 1.53. The molecule has 0 heterocycles. The predicted octanol–water partition coefficient (Wildman–Crippen LogP) is 2.66. The third kappa shape index (κ3) is 2.83. The third-order valence-electron chi connectivity index (χ3n) is 2.23. The van der Waals surface area contributed by atoms with Crippen LogP contribution in [0.1, 0.15) is 29.7 Å². The second kappa shape index (κ2) is 5.46. The lowest BCUT2D eigenvalue weighted by Crippen LogP contribution is -2.16. The number of halogens is 1. The molecule has 1 rings (SSSR count). The first-order chi connectivity index (χ1) is 7.47. The van der Waals surface area contributed by atoms with E-state index in [1.807, 2.05) is 19.9 Å². The number of hydrogen-bond acceptors (Lipinski definition) is 3. The van der Waals surface area contributed by atoms with E-state index in [1.54, 1.807) is 13.0 Å². The average Bonchev–Trinajstić information content (AvgIpc) is 2.22. The molecule has 0 aliphatic heterocycles. The van der Waals surface area contributed by atoms with E-state index in [0.29, 0.717) is 5.56 Å². The molecule has 0 aliphatic carbocycles. The van der Waals surface area contributed by atoms with E-state index in [2.05, 4.69) is 15.9 Å². The van der Waals surface area contributed by atoms with Crippen molar-refractivity contribution in [2.75, 3.05) is 6.61 Å². The SMILES string of the molecule is CCOC(=O)C(O)c1cc(C)cc(C)c1Br. The summed E-state index contributed by atoms with van der Waals surface area (Å²) in [7, 11) is 0. The molecule has 4 heteroatoms. The molecule has 0 saturated carbocycles. The maximum atomic E-state index is 11.4. The summed E-state index contributed by atoms with van der Waals surface area (Å²) in [6, 6.07) is 3.75. The maximum Gasteiger partial charge on any atom is 0.339 e. The fraction of sp³-hybridized carbons (Fsp3) is 0.417. The number of rotatable bonds is 3. The number of esters is 1. The van der Waals surface area contributed by atoms with Crippen molar-refractivity contribution in [3.63, 3.8) is 0 Å². The molecular formula is C12H15BrO3. The van der Waals surface area contributed by atoms with Crippen molar-refractivity contribution in [1.82, 2.24) is 0 Å². The van der Waals surface area contributed by atoms with Gasteiger partial charge in [0.1, 0.15) is 0 Å². The Morgan fingerprint density at radius 3 is 2.69 bits per heavy atom. The molecular weight excluding hydrogens is 272 g/mol. The van der Waals surface area contributed by atoms with Crippen LogP contribution >= 0.6 is 15.9 Å². The number of benzene rings is 1. The zero-order chi connectivity index (χ0) is 12.3. The van der Waals surface area contributed by atoms with Gasteiger partial charge in [-0.25, -0.2) is 4.79 Å². The van der Waals surface area contributed by atoms with Gasteiger partial charge in [0, 0.05) is 10.0 Å². The van der Waals surface area contributed by atoms with E-state index in [4.69, 9.17) is 4.74 Å². The van der Waals surface area contributed by atoms with Crippen LogP contribution in [-0.2, 0) is 9.53 Å². The Bertz CT molecular complexity index is 401. The molecule has 3 nitrogen and oxygen atoms in total. The van der Waals surface area contributed by atoms with Gasteiger partial charge in [-0.3, -0.25) is 0 Å². The van der Waals surface area contributed by atoms with Crippen molar-refractivity contribution in [3.05, 3.63) is 33.3 Å². The smallest absolute Gasteiger partial charge is 0.339 e. The monoisotopic (exact) mass is 286 g/mol. The lowest BCUT2D eigenvalue weighted by molar-refractivity contribution is -0.153.